The fourth-order valence-corrected chi connectivity index (χ4v) is 1.79. The summed E-state index contributed by atoms with van der Waals surface area (Å²) in [7, 11) is 1.58. The van der Waals surface area contributed by atoms with Gasteiger partial charge in [-0.25, -0.2) is 0 Å². The summed E-state index contributed by atoms with van der Waals surface area (Å²) in [6.07, 6.45) is 1.56. The van der Waals surface area contributed by atoms with Gasteiger partial charge in [0, 0.05) is 11.3 Å². The zero-order valence-electron chi connectivity index (χ0n) is 11.0. The zero-order valence-corrected chi connectivity index (χ0v) is 11.0. The van der Waals surface area contributed by atoms with Gasteiger partial charge in [0.15, 0.2) is 0 Å². The van der Waals surface area contributed by atoms with Crippen LogP contribution in [0, 0.1) is 0 Å². The second-order valence-electron chi connectivity index (χ2n) is 4.24. The number of aliphatic carboxylic acids is 1. The molecule has 0 spiro atoms. The molecule has 0 radical (unpaired) electrons. The quantitative estimate of drug-likeness (QED) is 0.519. The SMILES string of the molecule is COc1ccc(/C=C(/C(=O)[O-])c2ccc(N)cc2)cc1. The number of methoxy groups -OCH3 is 1. The van der Waals surface area contributed by atoms with E-state index in [1.165, 1.54) is 0 Å². The van der Waals surface area contributed by atoms with Crippen molar-refractivity contribution in [2.24, 2.45) is 0 Å². The van der Waals surface area contributed by atoms with Crippen LogP contribution in [0.3, 0.4) is 0 Å². The molecule has 0 unspecified atom stereocenters. The number of hydrogen-bond donors (Lipinski definition) is 1. The van der Waals surface area contributed by atoms with E-state index in [0.717, 1.165) is 5.56 Å². The Morgan fingerprint density at radius 1 is 1.10 bits per heavy atom. The molecule has 0 bridgehead atoms. The Hall–Kier alpha value is -2.75. The number of carbonyl (C=O) groups is 1. The first kappa shape index (κ1) is 13.7. The van der Waals surface area contributed by atoms with Gasteiger partial charge in [-0.15, -0.1) is 0 Å². The molecule has 0 saturated heterocycles. The summed E-state index contributed by atoms with van der Waals surface area (Å²) < 4.78 is 5.06. The van der Waals surface area contributed by atoms with E-state index in [9.17, 15) is 9.90 Å². The van der Waals surface area contributed by atoms with Crippen LogP contribution in [-0.2, 0) is 4.79 Å². The number of hydrogen-bond acceptors (Lipinski definition) is 4. The van der Waals surface area contributed by atoms with E-state index in [2.05, 4.69) is 0 Å². The Morgan fingerprint density at radius 2 is 1.70 bits per heavy atom. The lowest BCUT2D eigenvalue weighted by Gasteiger charge is -2.10. The van der Waals surface area contributed by atoms with Gasteiger partial charge in [0.1, 0.15) is 5.75 Å². The maximum Gasteiger partial charge on any atom is 0.118 e. The van der Waals surface area contributed by atoms with Crippen LogP contribution in [0.5, 0.6) is 5.75 Å². The Bertz CT molecular complexity index is 628. The Kier molecular flexibility index (Phi) is 4.05. The predicted octanol–water partition coefficient (Wildman–Crippen LogP) is 1.57. The van der Waals surface area contributed by atoms with Crippen molar-refractivity contribution in [3.05, 3.63) is 59.7 Å². The summed E-state index contributed by atoms with van der Waals surface area (Å²) in [6, 6.07) is 13.7. The van der Waals surface area contributed by atoms with Gasteiger partial charge >= 0.3 is 0 Å². The third-order valence-electron chi connectivity index (χ3n) is 2.87. The topological polar surface area (TPSA) is 75.4 Å². The standard InChI is InChI=1S/C16H15NO3/c1-20-14-8-2-11(3-9-14)10-15(16(18)19)12-4-6-13(17)7-5-12/h2-10H,17H2,1H3,(H,18,19)/p-1/b15-10+. The molecule has 2 N–H and O–H groups in total. The Balaban J connectivity index is 2.39. The van der Waals surface area contributed by atoms with Gasteiger partial charge in [-0.2, -0.15) is 0 Å². The summed E-state index contributed by atoms with van der Waals surface area (Å²) in [4.78, 5) is 11.3. The van der Waals surface area contributed by atoms with Gasteiger partial charge in [-0.05, 0) is 41.5 Å². The molecule has 0 aliphatic carbocycles. The molecule has 4 heteroatoms. The van der Waals surface area contributed by atoms with E-state index < -0.39 is 5.97 Å². The van der Waals surface area contributed by atoms with E-state index >= 15 is 0 Å². The lowest BCUT2D eigenvalue weighted by Crippen LogP contribution is -2.23. The average Bonchev–Trinajstić information content (AvgIpc) is 2.46. The molecule has 0 atom stereocenters. The van der Waals surface area contributed by atoms with Crippen LogP contribution < -0.4 is 15.6 Å². The number of ether oxygens (including phenoxy) is 1. The normalized spacial score (nSPS) is 11.2. The Morgan fingerprint density at radius 3 is 2.20 bits per heavy atom. The van der Waals surface area contributed by atoms with Crippen LogP contribution in [-0.4, -0.2) is 13.1 Å². The number of nitrogen functional groups attached to an aromatic ring is 1. The molecule has 2 rings (SSSR count). The van der Waals surface area contributed by atoms with E-state index in [1.54, 1.807) is 61.7 Å². The maximum absolute atomic E-state index is 11.3. The first-order valence-corrected chi connectivity index (χ1v) is 6.03. The van der Waals surface area contributed by atoms with Crippen LogP contribution in [0.15, 0.2) is 48.5 Å². The molecule has 0 fully saturated rings. The van der Waals surface area contributed by atoms with E-state index in [0.29, 0.717) is 17.0 Å². The molecular weight excluding hydrogens is 254 g/mol. The van der Waals surface area contributed by atoms with Crippen molar-refractivity contribution in [3.63, 3.8) is 0 Å². The first-order valence-electron chi connectivity index (χ1n) is 6.03. The van der Waals surface area contributed by atoms with Crippen LogP contribution >= 0.6 is 0 Å². The molecule has 0 amide bonds. The summed E-state index contributed by atoms with van der Waals surface area (Å²) >= 11 is 0. The highest BCUT2D eigenvalue weighted by Gasteiger charge is 2.03. The molecule has 2 aromatic carbocycles. The molecule has 0 aromatic heterocycles. The number of nitrogens with two attached hydrogens (primary N) is 1. The molecule has 20 heavy (non-hydrogen) atoms. The number of carboxylic acids is 1. The molecular formula is C16H14NO3-. The fraction of sp³-hybridized carbons (Fsp3) is 0.0625. The number of benzene rings is 2. The molecule has 0 heterocycles. The van der Waals surface area contributed by atoms with E-state index in [-0.39, 0.29) is 5.57 Å². The highest BCUT2D eigenvalue weighted by molar-refractivity contribution is 6.19. The number of rotatable bonds is 4. The second kappa shape index (κ2) is 5.93. The lowest BCUT2D eigenvalue weighted by molar-refractivity contribution is -0.295. The predicted molar refractivity (Wildman–Crippen MR) is 76.7 cm³/mol. The van der Waals surface area contributed by atoms with Gasteiger partial charge in [-0.1, -0.05) is 24.3 Å². The molecule has 4 nitrogen and oxygen atoms in total. The summed E-state index contributed by atoms with van der Waals surface area (Å²) in [6.45, 7) is 0. The Labute approximate surface area is 117 Å². The third-order valence-corrected chi connectivity index (χ3v) is 2.87. The van der Waals surface area contributed by atoms with E-state index in [1.807, 2.05) is 0 Å². The van der Waals surface area contributed by atoms with Crippen molar-refractivity contribution >= 4 is 23.3 Å². The molecule has 0 aliphatic rings. The minimum atomic E-state index is -1.23. The number of anilines is 1. The van der Waals surface area contributed by atoms with Crippen LogP contribution in [0.2, 0.25) is 0 Å². The first-order chi connectivity index (χ1) is 9.60. The van der Waals surface area contributed by atoms with Crippen molar-refractivity contribution in [1.82, 2.24) is 0 Å². The van der Waals surface area contributed by atoms with Crippen LogP contribution in [0.25, 0.3) is 11.6 Å². The molecule has 0 aliphatic heterocycles. The minimum absolute atomic E-state index is 0.107. The molecule has 0 saturated carbocycles. The lowest BCUT2D eigenvalue weighted by atomic mass is 10.0. The smallest absolute Gasteiger partial charge is 0.118 e. The summed E-state index contributed by atoms with van der Waals surface area (Å²) in [5.41, 5.74) is 7.58. The third kappa shape index (κ3) is 3.17. The number of carbonyl (C=O) groups excluding carboxylic acids is 1. The van der Waals surface area contributed by atoms with Crippen molar-refractivity contribution in [2.45, 2.75) is 0 Å². The second-order valence-corrected chi connectivity index (χ2v) is 4.24. The van der Waals surface area contributed by atoms with Crippen molar-refractivity contribution < 1.29 is 14.6 Å². The fourth-order valence-electron chi connectivity index (χ4n) is 1.79. The maximum atomic E-state index is 11.3. The van der Waals surface area contributed by atoms with Crippen molar-refractivity contribution in [1.29, 1.82) is 0 Å². The van der Waals surface area contributed by atoms with Crippen LogP contribution in [0.1, 0.15) is 11.1 Å². The van der Waals surface area contributed by atoms with Gasteiger partial charge in [0.2, 0.25) is 0 Å². The molecule has 102 valence electrons. The van der Waals surface area contributed by atoms with Crippen molar-refractivity contribution in [2.75, 3.05) is 12.8 Å². The van der Waals surface area contributed by atoms with Gasteiger partial charge in [0.05, 0.1) is 13.1 Å². The largest absolute Gasteiger partial charge is 0.545 e. The van der Waals surface area contributed by atoms with Crippen molar-refractivity contribution in [3.8, 4) is 5.75 Å². The minimum Gasteiger partial charge on any atom is -0.545 e. The van der Waals surface area contributed by atoms with Gasteiger partial charge in [0.25, 0.3) is 0 Å². The summed E-state index contributed by atoms with van der Waals surface area (Å²) in [5, 5.41) is 11.3. The zero-order chi connectivity index (χ0) is 14.5. The van der Waals surface area contributed by atoms with E-state index in [4.69, 9.17) is 10.5 Å². The van der Waals surface area contributed by atoms with Gasteiger partial charge in [-0.3, -0.25) is 0 Å². The van der Waals surface area contributed by atoms with Crippen LogP contribution in [0.4, 0.5) is 5.69 Å². The molecule has 2 aromatic rings. The average molecular weight is 268 g/mol. The van der Waals surface area contributed by atoms with Gasteiger partial charge < -0.3 is 20.4 Å². The number of carboxylic acid groups (broad SMARTS) is 1. The highest BCUT2D eigenvalue weighted by atomic mass is 16.5. The highest BCUT2D eigenvalue weighted by Crippen LogP contribution is 2.20. The summed E-state index contributed by atoms with van der Waals surface area (Å²) in [5.74, 6) is -0.518. The monoisotopic (exact) mass is 268 g/mol.